The van der Waals surface area contributed by atoms with E-state index in [9.17, 15) is 8.78 Å². The normalized spacial score (nSPS) is 19.0. The van der Waals surface area contributed by atoms with Crippen LogP contribution in [0.3, 0.4) is 0 Å². The number of hydrogen-bond acceptors (Lipinski definition) is 2. The van der Waals surface area contributed by atoms with E-state index in [0.29, 0.717) is 11.3 Å². The average molecular weight is 340 g/mol. The van der Waals surface area contributed by atoms with Gasteiger partial charge in [-0.2, -0.15) is 0 Å². The number of imidazole rings is 2. The number of rotatable bonds is 2. The second-order valence-electron chi connectivity index (χ2n) is 5.98. The maximum atomic E-state index is 13.7. The largest absolute Gasteiger partial charge is 0.307 e. The molecular formula is C19H18F2N4. The van der Waals surface area contributed by atoms with Crippen molar-refractivity contribution >= 4 is 11.3 Å². The number of pyridine rings is 2. The molecule has 4 nitrogen and oxygen atoms in total. The molecule has 6 heteroatoms. The fourth-order valence-corrected chi connectivity index (χ4v) is 3.18. The molecule has 5 rings (SSSR count). The molecule has 0 bridgehead atoms. The molecule has 4 aromatic heterocycles. The third-order valence-electron chi connectivity index (χ3n) is 4.44. The molecule has 2 atom stereocenters. The first-order valence-corrected chi connectivity index (χ1v) is 8.46. The van der Waals surface area contributed by atoms with Crippen LogP contribution >= 0.6 is 0 Å². The molecule has 0 amide bonds. The minimum absolute atomic E-state index is 0.240. The Bertz CT molecular complexity index is 1050. The topological polar surface area (TPSA) is 34.6 Å². The minimum atomic E-state index is -0.320. The van der Waals surface area contributed by atoms with Crippen LogP contribution in [0.25, 0.3) is 11.3 Å². The first-order valence-electron chi connectivity index (χ1n) is 8.46. The molecule has 4 aromatic rings. The molecule has 0 saturated heterocycles. The van der Waals surface area contributed by atoms with Gasteiger partial charge in [0.1, 0.15) is 11.5 Å². The van der Waals surface area contributed by atoms with E-state index in [0.717, 1.165) is 17.8 Å². The van der Waals surface area contributed by atoms with Crippen LogP contribution in [0.5, 0.6) is 0 Å². The molecule has 128 valence electrons. The van der Waals surface area contributed by atoms with Crippen LogP contribution in [0.2, 0.25) is 0 Å². The Balaban J connectivity index is 0.000000758. The predicted octanol–water partition coefficient (Wildman–Crippen LogP) is 4.56. The van der Waals surface area contributed by atoms with Crippen LogP contribution in [-0.4, -0.2) is 18.8 Å². The van der Waals surface area contributed by atoms with Crippen LogP contribution in [0.15, 0.2) is 49.1 Å². The zero-order valence-electron chi connectivity index (χ0n) is 14.0. The highest BCUT2D eigenvalue weighted by Gasteiger charge is 2.43. The fraction of sp³-hybridized carbons (Fsp3) is 0.263. The summed E-state index contributed by atoms with van der Waals surface area (Å²) in [5.41, 5.74) is 2.76. The van der Waals surface area contributed by atoms with E-state index in [4.69, 9.17) is 0 Å². The van der Waals surface area contributed by atoms with Crippen LogP contribution < -0.4 is 0 Å². The molecule has 0 N–H and O–H groups in total. The second-order valence-corrected chi connectivity index (χ2v) is 5.98. The van der Waals surface area contributed by atoms with Gasteiger partial charge in [0.2, 0.25) is 0 Å². The summed E-state index contributed by atoms with van der Waals surface area (Å²) in [7, 11) is 0. The van der Waals surface area contributed by atoms with Gasteiger partial charge in [-0.3, -0.25) is 0 Å². The second kappa shape index (κ2) is 5.95. The molecule has 0 spiro atoms. The SMILES string of the molecule is CC.Fc1ccn2cc(C3CC3c3cn4cccc(F)c4n3)nc2c1. The summed E-state index contributed by atoms with van der Waals surface area (Å²) in [4.78, 5) is 8.91. The van der Waals surface area contributed by atoms with Gasteiger partial charge < -0.3 is 8.80 Å². The smallest absolute Gasteiger partial charge is 0.173 e. The van der Waals surface area contributed by atoms with Gasteiger partial charge in [-0.1, -0.05) is 13.8 Å². The molecule has 25 heavy (non-hydrogen) atoms. The van der Waals surface area contributed by atoms with Crippen molar-refractivity contribution in [2.45, 2.75) is 32.1 Å². The molecule has 0 aromatic carbocycles. The van der Waals surface area contributed by atoms with Gasteiger partial charge in [-0.25, -0.2) is 18.7 Å². The summed E-state index contributed by atoms with van der Waals surface area (Å²) in [6.07, 6.45) is 8.19. The van der Waals surface area contributed by atoms with Gasteiger partial charge >= 0.3 is 0 Å². The lowest BCUT2D eigenvalue weighted by Gasteiger charge is -1.91. The zero-order valence-corrected chi connectivity index (χ0v) is 14.0. The van der Waals surface area contributed by atoms with Crippen molar-refractivity contribution in [3.8, 4) is 0 Å². The summed E-state index contributed by atoms with van der Waals surface area (Å²) in [6.45, 7) is 4.00. The Morgan fingerprint density at radius 3 is 2.44 bits per heavy atom. The molecule has 1 aliphatic rings. The van der Waals surface area contributed by atoms with Gasteiger partial charge in [-0.05, 0) is 24.6 Å². The van der Waals surface area contributed by atoms with Crippen LogP contribution in [0, 0.1) is 11.6 Å². The molecule has 0 aliphatic heterocycles. The molecule has 0 radical (unpaired) electrons. The van der Waals surface area contributed by atoms with Crippen molar-refractivity contribution < 1.29 is 8.78 Å². The lowest BCUT2D eigenvalue weighted by molar-refractivity contribution is 0.626. The fourth-order valence-electron chi connectivity index (χ4n) is 3.18. The van der Waals surface area contributed by atoms with Gasteiger partial charge in [0.05, 0.1) is 11.4 Å². The Morgan fingerprint density at radius 1 is 0.960 bits per heavy atom. The molecular weight excluding hydrogens is 322 g/mol. The molecule has 1 fully saturated rings. The Kier molecular flexibility index (Phi) is 3.75. The highest BCUT2D eigenvalue weighted by molar-refractivity contribution is 5.46. The summed E-state index contributed by atoms with van der Waals surface area (Å²) in [5, 5.41) is 0. The first-order chi connectivity index (χ1) is 12.2. The summed E-state index contributed by atoms with van der Waals surface area (Å²) < 4.78 is 30.5. The van der Waals surface area contributed by atoms with Crippen LogP contribution in [0.4, 0.5) is 8.78 Å². The standard InChI is InChI=1S/C17H12F2N4.C2H6/c18-10-3-5-22-8-14(20-16(22)6-10)11-7-12(11)15-9-23-4-1-2-13(19)17(23)21-15;1-2/h1-6,8-9,11-12H,7H2;1-2H3. The van der Waals surface area contributed by atoms with E-state index in [2.05, 4.69) is 9.97 Å². The van der Waals surface area contributed by atoms with Gasteiger partial charge in [0, 0.05) is 42.7 Å². The molecule has 1 saturated carbocycles. The minimum Gasteiger partial charge on any atom is -0.307 e. The molecule has 1 aliphatic carbocycles. The molecule has 2 unspecified atom stereocenters. The van der Waals surface area contributed by atoms with Crippen molar-refractivity contribution in [1.82, 2.24) is 18.8 Å². The van der Waals surface area contributed by atoms with E-state index < -0.39 is 0 Å². The van der Waals surface area contributed by atoms with Crippen molar-refractivity contribution in [1.29, 1.82) is 0 Å². The van der Waals surface area contributed by atoms with Crippen LogP contribution in [0.1, 0.15) is 43.5 Å². The van der Waals surface area contributed by atoms with Crippen molar-refractivity contribution in [3.63, 3.8) is 0 Å². The number of halogens is 2. The maximum absolute atomic E-state index is 13.7. The van der Waals surface area contributed by atoms with E-state index in [1.807, 2.05) is 30.6 Å². The summed E-state index contributed by atoms with van der Waals surface area (Å²) in [6, 6.07) is 5.90. The maximum Gasteiger partial charge on any atom is 0.173 e. The quantitative estimate of drug-likeness (QED) is 0.536. The van der Waals surface area contributed by atoms with Gasteiger partial charge in [0.15, 0.2) is 11.5 Å². The van der Waals surface area contributed by atoms with Gasteiger partial charge in [-0.15, -0.1) is 0 Å². The Labute approximate surface area is 143 Å². The van der Waals surface area contributed by atoms with E-state index in [1.54, 1.807) is 22.9 Å². The Morgan fingerprint density at radius 2 is 1.68 bits per heavy atom. The number of fused-ring (bicyclic) bond motifs is 2. The van der Waals surface area contributed by atoms with Crippen molar-refractivity contribution in [2.24, 2.45) is 0 Å². The van der Waals surface area contributed by atoms with Crippen molar-refractivity contribution in [2.75, 3.05) is 0 Å². The van der Waals surface area contributed by atoms with Crippen molar-refractivity contribution in [3.05, 3.63) is 72.1 Å². The predicted molar refractivity (Wildman–Crippen MR) is 91.7 cm³/mol. The lowest BCUT2D eigenvalue weighted by Crippen LogP contribution is -1.85. The highest BCUT2D eigenvalue weighted by Crippen LogP contribution is 2.53. The number of hydrogen-bond donors (Lipinski definition) is 0. The number of aromatic nitrogens is 4. The summed E-state index contributed by atoms with van der Waals surface area (Å²) in [5.74, 6) is -0.119. The van der Waals surface area contributed by atoms with Gasteiger partial charge in [0.25, 0.3) is 0 Å². The molecule has 4 heterocycles. The van der Waals surface area contributed by atoms with E-state index in [1.165, 1.54) is 18.2 Å². The average Bonchev–Trinajstić information content (AvgIpc) is 3.11. The first kappa shape index (κ1) is 15.7. The Hall–Kier alpha value is -2.76. The van der Waals surface area contributed by atoms with E-state index >= 15 is 0 Å². The van der Waals surface area contributed by atoms with E-state index in [-0.39, 0.29) is 23.5 Å². The number of nitrogens with zero attached hydrogens (tertiary/aromatic N) is 4. The zero-order chi connectivity index (χ0) is 17.6. The third kappa shape index (κ3) is 2.67. The summed E-state index contributed by atoms with van der Waals surface area (Å²) >= 11 is 0. The lowest BCUT2D eigenvalue weighted by atomic mass is 10.2. The van der Waals surface area contributed by atoms with Crippen LogP contribution in [-0.2, 0) is 0 Å². The monoisotopic (exact) mass is 340 g/mol. The third-order valence-corrected chi connectivity index (χ3v) is 4.44. The highest BCUT2D eigenvalue weighted by atomic mass is 19.1.